The van der Waals surface area contributed by atoms with Gasteiger partial charge in [0.1, 0.15) is 0 Å². The fourth-order valence-corrected chi connectivity index (χ4v) is 7.20. The lowest BCUT2D eigenvalue weighted by Crippen LogP contribution is -2.50. The summed E-state index contributed by atoms with van der Waals surface area (Å²) in [5, 5.41) is 12.0. The van der Waals surface area contributed by atoms with E-state index in [4.69, 9.17) is 9.47 Å². The molecule has 122 valence electrons. The molecule has 0 aromatic rings. The summed E-state index contributed by atoms with van der Waals surface area (Å²) in [5.41, 5.74) is -0.00364. The maximum Gasteiger partial charge on any atom is 0.0730 e. The molecule has 3 fully saturated rings. The summed E-state index contributed by atoms with van der Waals surface area (Å²) in [5.74, 6) is 2.83. The van der Waals surface area contributed by atoms with Crippen LogP contribution < -0.4 is 0 Å². The van der Waals surface area contributed by atoms with Crippen LogP contribution in [0.3, 0.4) is 0 Å². The quantitative estimate of drug-likeness (QED) is 0.860. The largest absolute Gasteiger partial charge is 0.392 e. The summed E-state index contributed by atoms with van der Waals surface area (Å²) < 4.78 is 11.6. The topological polar surface area (TPSA) is 38.7 Å². The van der Waals surface area contributed by atoms with Crippen molar-refractivity contribution in [3.8, 4) is 0 Å². The molecule has 4 unspecified atom stereocenters. The van der Waals surface area contributed by atoms with E-state index < -0.39 is 0 Å². The van der Waals surface area contributed by atoms with Gasteiger partial charge in [-0.25, -0.2) is 0 Å². The molecule has 0 aromatic heterocycles. The van der Waals surface area contributed by atoms with E-state index in [1.165, 1.54) is 17.9 Å². The first kappa shape index (κ1) is 16.4. The van der Waals surface area contributed by atoms with Gasteiger partial charge in [0.15, 0.2) is 0 Å². The normalized spacial score (nSPS) is 38.3. The van der Waals surface area contributed by atoms with Crippen LogP contribution in [0.2, 0.25) is 0 Å². The molecule has 1 spiro atoms. The molecule has 0 bridgehead atoms. The highest BCUT2D eigenvalue weighted by Crippen LogP contribution is 2.43. The average molecular weight is 333 g/mol. The van der Waals surface area contributed by atoms with Crippen molar-refractivity contribution in [1.29, 1.82) is 0 Å². The highest BCUT2D eigenvalue weighted by molar-refractivity contribution is 8.07. The van der Waals surface area contributed by atoms with Gasteiger partial charge in [-0.15, -0.1) is 0 Å². The minimum atomic E-state index is -0.170. The summed E-state index contributed by atoms with van der Waals surface area (Å²) in [7, 11) is 0. The summed E-state index contributed by atoms with van der Waals surface area (Å²) in [6, 6.07) is 0. The molecule has 3 aliphatic rings. The molecule has 4 atom stereocenters. The maximum atomic E-state index is 11.0. The van der Waals surface area contributed by atoms with Crippen LogP contribution in [0.25, 0.3) is 0 Å². The Morgan fingerprint density at radius 3 is 2.71 bits per heavy atom. The van der Waals surface area contributed by atoms with E-state index in [1.807, 2.05) is 11.8 Å². The number of aliphatic hydroxyl groups excluding tert-OH is 1. The predicted octanol–water partition coefficient (Wildman–Crippen LogP) is 2.95. The van der Waals surface area contributed by atoms with Gasteiger partial charge in [-0.3, -0.25) is 0 Å². The first-order valence-corrected chi connectivity index (χ1v) is 10.5. The predicted molar refractivity (Wildman–Crippen MR) is 90.2 cm³/mol. The minimum absolute atomic E-state index is 0.00364. The van der Waals surface area contributed by atoms with Gasteiger partial charge in [-0.05, 0) is 38.0 Å². The van der Waals surface area contributed by atoms with Crippen molar-refractivity contribution in [3.63, 3.8) is 0 Å². The number of ether oxygens (including phenoxy) is 2. The Morgan fingerprint density at radius 2 is 1.95 bits per heavy atom. The van der Waals surface area contributed by atoms with E-state index in [1.54, 1.807) is 0 Å². The van der Waals surface area contributed by atoms with Crippen LogP contribution in [0.1, 0.15) is 39.0 Å². The Morgan fingerprint density at radius 1 is 1.19 bits per heavy atom. The van der Waals surface area contributed by atoms with Crippen molar-refractivity contribution in [2.75, 3.05) is 31.3 Å². The highest BCUT2D eigenvalue weighted by Gasteiger charge is 2.44. The smallest absolute Gasteiger partial charge is 0.0730 e. The molecule has 3 rings (SSSR count). The molecular weight excluding hydrogens is 304 g/mol. The molecule has 3 aliphatic heterocycles. The first-order valence-electron chi connectivity index (χ1n) is 8.37. The highest BCUT2D eigenvalue weighted by atomic mass is 32.2. The molecule has 3 nitrogen and oxygen atoms in total. The SMILES string of the molecule is CCC1SCCSC1C(O)C1CCOC2(CCOCC2)C1. The first-order chi connectivity index (χ1) is 10.2. The van der Waals surface area contributed by atoms with Gasteiger partial charge in [0.05, 0.1) is 11.7 Å². The van der Waals surface area contributed by atoms with E-state index in [9.17, 15) is 5.11 Å². The van der Waals surface area contributed by atoms with Gasteiger partial charge < -0.3 is 14.6 Å². The number of thioether (sulfide) groups is 2. The third-order valence-electron chi connectivity index (χ3n) is 5.25. The van der Waals surface area contributed by atoms with Gasteiger partial charge in [-0.1, -0.05) is 6.92 Å². The number of aliphatic hydroxyl groups is 1. The molecule has 0 aliphatic carbocycles. The molecule has 0 amide bonds. The van der Waals surface area contributed by atoms with Crippen molar-refractivity contribution in [1.82, 2.24) is 0 Å². The summed E-state index contributed by atoms with van der Waals surface area (Å²) in [6.45, 7) is 4.69. The molecule has 1 N–H and O–H groups in total. The second-order valence-electron chi connectivity index (χ2n) is 6.54. The van der Waals surface area contributed by atoms with E-state index in [-0.39, 0.29) is 11.7 Å². The zero-order valence-corrected chi connectivity index (χ0v) is 14.6. The van der Waals surface area contributed by atoms with Crippen LogP contribution in [0.15, 0.2) is 0 Å². The lowest BCUT2D eigenvalue weighted by Gasteiger charge is -2.46. The van der Waals surface area contributed by atoms with Crippen molar-refractivity contribution in [2.45, 2.75) is 61.2 Å². The third-order valence-corrected chi connectivity index (χ3v) is 8.61. The van der Waals surface area contributed by atoms with E-state index in [0.29, 0.717) is 16.4 Å². The summed E-state index contributed by atoms with van der Waals surface area (Å²) in [4.78, 5) is 0. The fraction of sp³-hybridized carbons (Fsp3) is 1.00. The van der Waals surface area contributed by atoms with Gasteiger partial charge in [0, 0.05) is 41.8 Å². The second-order valence-corrected chi connectivity index (χ2v) is 9.17. The van der Waals surface area contributed by atoms with Crippen LogP contribution in [-0.4, -0.2) is 58.6 Å². The number of hydrogen-bond donors (Lipinski definition) is 1. The third kappa shape index (κ3) is 3.74. The van der Waals surface area contributed by atoms with Gasteiger partial charge >= 0.3 is 0 Å². The molecule has 5 heteroatoms. The Labute approximate surface area is 136 Å². The molecule has 0 saturated carbocycles. The monoisotopic (exact) mass is 332 g/mol. The molecule has 0 radical (unpaired) electrons. The number of hydrogen-bond acceptors (Lipinski definition) is 5. The van der Waals surface area contributed by atoms with E-state index in [2.05, 4.69) is 18.7 Å². The molecular formula is C16H28O3S2. The lowest BCUT2D eigenvalue weighted by molar-refractivity contribution is -0.158. The van der Waals surface area contributed by atoms with Gasteiger partial charge in [0.2, 0.25) is 0 Å². The van der Waals surface area contributed by atoms with Crippen molar-refractivity contribution in [2.24, 2.45) is 5.92 Å². The standard InChI is InChI=1S/C16H28O3S2/c1-2-13-15(21-10-9-20-13)14(17)12-3-6-19-16(11-12)4-7-18-8-5-16/h12-15,17H,2-11H2,1H3. The van der Waals surface area contributed by atoms with Crippen LogP contribution in [0.4, 0.5) is 0 Å². The fourth-order valence-electron chi connectivity index (χ4n) is 3.97. The molecule has 0 aromatic carbocycles. The maximum absolute atomic E-state index is 11.0. The average Bonchev–Trinajstić information content (AvgIpc) is 2.55. The van der Waals surface area contributed by atoms with E-state index in [0.717, 1.165) is 45.5 Å². The zero-order valence-electron chi connectivity index (χ0n) is 13.0. The van der Waals surface area contributed by atoms with Gasteiger partial charge in [-0.2, -0.15) is 23.5 Å². The zero-order chi connectivity index (χ0) is 14.7. The van der Waals surface area contributed by atoms with E-state index >= 15 is 0 Å². The second kappa shape index (κ2) is 7.43. The summed E-state index contributed by atoms with van der Waals surface area (Å²) >= 11 is 4.06. The van der Waals surface area contributed by atoms with Crippen LogP contribution >= 0.6 is 23.5 Å². The van der Waals surface area contributed by atoms with Crippen LogP contribution in [-0.2, 0) is 9.47 Å². The van der Waals surface area contributed by atoms with Crippen molar-refractivity contribution in [3.05, 3.63) is 0 Å². The molecule has 3 heterocycles. The van der Waals surface area contributed by atoms with Gasteiger partial charge in [0.25, 0.3) is 0 Å². The summed E-state index contributed by atoms with van der Waals surface area (Å²) in [6.07, 6.45) is 5.04. The van der Waals surface area contributed by atoms with Crippen LogP contribution in [0, 0.1) is 5.92 Å². The Hall–Kier alpha value is 0.580. The Balaban J connectivity index is 1.64. The Kier molecular flexibility index (Phi) is 5.82. The minimum Gasteiger partial charge on any atom is -0.392 e. The Bertz CT molecular complexity index is 328. The lowest BCUT2D eigenvalue weighted by atomic mass is 9.77. The van der Waals surface area contributed by atoms with Crippen molar-refractivity contribution < 1.29 is 14.6 Å². The molecule has 3 saturated heterocycles. The van der Waals surface area contributed by atoms with Crippen LogP contribution in [0.5, 0.6) is 0 Å². The molecule has 21 heavy (non-hydrogen) atoms. The van der Waals surface area contributed by atoms with Crippen molar-refractivity contribution >= 4 is 23.5 Å². The number of rotatable bonds is 3.